The van der Waals surface area contributed by atoms with Crippen molar-refractivity contribution >= 4 is 23.1 Å². The van der Waals surface area contributed by atoms with E-state index in [0.717, 1.165) is 36.1 Å². The summed E-state index contributed by atoms with van der Waals surface area (Å²) >= 11 is 0. The Kier molecular flexibility index (Phi) is 4.37. The lowest BCUT2D eigenvalue weighted by atomic mass is 9.98. The number of hydrogen-bond acceptors (Lipinski definition) is 5. The first-order valence-electron chi connectivity index (χ1n) is 9.76. The molecule has 4 heterocycles. The maximum atomic E-state index is 13.2. The van der Waals surface area contributed by atoms with E-state index in [-0.39, 0.29) is 11.8 Å². The molecule has 2 aromatic heterocycles. The minimum atomic E-state index is -2.75. The first kappa shape index (κ1) is 18.0. The van der Waals surface area contributed by atoms with E-state index in [0.29, 0.717) is 24.4 Å². The Bertz CT molecular complexity index is 1070. The summed E-state index contributed by atoms with van der Waals surface area (Å²) in [5.41, 5.74) is 2.50. The molecular formula is C20H20F2N6O. The molecule has 1 fully saturated rings. The highest BCUT2D eigenvalue weighted by molar-refractivity contribution is 5.78. The second-order valence-electron chi connectivity index (χ2n) is 7.46. The van der Waals surface area contributed by atoms with Crippen LogP contribution in [0.25, 0.3) is 5.65 Å². The Morgan fingerprint density at radius 2 is 2.00 bits per heavy atom. The first-order chi connectivity index (χ1) is 14.1. The fraction of sp³-hybridized carbons (Fsp3) is 0.400. The Hall–Kier alpha value is -3.10. The molecule has 2 aliphatic heterocycles. The lowest BCUT2D eigenvalue weighted by Crippen LogP contribution is -2.27. The number of fused-ring (bicyclic) bond motifs is 2. The number of amides is 1. The van der Waals surface area contributed by atoms with Gasteiger partial charge in [0, 0.05) is 37.7 Å². The average Bonchev–Trinajstić information content (AvgIpc) is 3.42. The zero-order chi connectivity index (χ0) is 20.0. The maximum Gasteiger partial charge on any atom is 0.299 e. The van der Waals surface area contributed by atoms with Gasteiger partial charge in [0.2, 0.25) is 11.7 Å². The second-order valence-corrected chi connectivity index (χ2v) is 7.46. The number of para-hydroxylation sites is 1. The van der Waals surface area contributed by atoms with E-state index in [1.807, 2.05) is 28.0 Å². The van der Waals surface area contributed by atoms with Gasteiger partial charge in [0.25, 0.3) is 6.43 Å². The van der Waals surface area contributed by atoms with Crippen LogP contribution < -0.4 is 4.90 Å². The van der Waals surface area contributed by atoms with Crippen molar-refractivity contribution in [2.75, 3.05) is 24.5 Å². The fourth-order valence-corrected chi connectivity index (χ4v) is 4.29. The zero-order valence-corrected chi connectivity index (χ0v) is 15.7. The monoisotopic (exact) mass is 398 g/mol. The van der Waals surface area contributed by atoms with Crippen LogP contribution in [0.1, 0.15) is 43.0 Å². The van der Waals surface area contributed by atoms with E-state index in [4.69, 9.17) is 0 Å². The molecule has 1 amide bonds. The second kappa shape index (κ2) is 7.06. The number of rotatable bonds is 5. The number of anilines is 2. The number of benzene rings is 1. The number of nitrogens with zero attached hydrogens (tertiary/aromatic N) is 6. The van der Waals surface area contributed by atoms with E-state index in [9.17, 15) is 13.6 Å². The third-order valence-electron chi connectivity index (χ3n) is 5.73. The summed E-state index contributed by atoms with van der Waals surface area (Å²) in [5.74, 6) is 0.588. The molecule has 1 atom stereocenters. The Morgan fingerprint density at radius 3 is 2.79 bits per heavy atom. The Morgan fingerprint density at radius 1 is 1.14 bits per heavy atom. The molecule has 0 spiro atoms. The van der Waals surface area contributed by atoms with Crippen molar-refractivity contribution in [3.63, 3.8) is 0 Å². The van der Waals surface area contributed by atoms with Crippen molar-refractivity contribution in [2.45, 2.75) is 31.6 Å². The normalized spacial score (nSPS) is 19.0. The molecule has 1 saturated heterocycles. The average molecular weight is 398 g/mol. The molecule has 150 valence electrons. The van der Waals surface area contributed by atoms with Crippen LogP contribution in [0.15, 0.2) is 36.4 Å². The summed E-state index contributed by atoms with van der Waals surface area (Å²) in [6, 6.07) is 11.5. The molecule has 7 nitrogen and oxygen atoms in total. The minimum absolute atomic E-state index is 0.229. The fourth-order valence-electron chi connectivity index (χ4n) is 4.29. The van der Waals surface area contributed by atoms with Crippen molar-refractivity contribution in [1.82, 2.24) is 24.7 Å². The minimum Gasteiger partial charge on any atom is -0.343 e. The van der Waals surface area contributed by atoms with Gasteiger partial charge in [0.1, 0.15) is 0 Å². The van der Waals surface area contributed by atoms with Gasteiger partial charge < -0.3 is 9.80 Å². The number of halogens is 2. The SMILES string of the molecule is O=C1CCCN1CCC1CN(c2ccc3nnc(C(F)F)n3n2)c2ccccc21. The highest BCUT2D eigenvalue weighted by atomic mass is 19.3. The van der Waals surface area contributed by atoms with Gasteiger partial charge in [-0.2, -0.15) is 4.52 Å². The highest BCUT2D eigenvalue weighted by Gasteiger charge is 2.31. The zero-order valence-electron chi connectivity index (χ0n) is 15.7. The standard InChI is InChI=1S/C20H20F2N6O/c21-19(22)20-24-23-16-7-8-17(25-28(16)20)27-12-13(14-4-1-2-5-15(14)27)9-11-26-10-3-6-18(26)29/h1-2,4-5,7-8,13,19H,3,6,9-12H2. The lowest BCUT2D eigenvalue weighted by molar-refractivity contribution is -0.127. The van der Waals surface area contributed by atoms with Crippen LogP contribution >= 0.6 is 0 Å². The van der Waals surface area contributed by atoms with Gasteiger partial charge in [0.15, 0.2) is 11.5 Å². The number of aromatic nitrogens is 4. The van der Waals surface area contributed by atoms with Crippen molar-refractivity contribution < 1.29 is 13.6 Å². The maximum absolute atomic E-state index is 13.2. The summed E-state index contributed by atoms with van der Waals surface area (Å²) in [7, 11) is 0. The molecule has 0 bridgehead atoms. The molecule has 5 rings (SSSR count). The first-order valence-corrected chi connectivity index (χ1v) is 9.76. The molecule has 0 N–H and O–H groups in total. The number of carbonyl (C=O) groups excluding carboxylic acids is 1. The molecule has 2 aliphatic rings. The van der Waals surface area contributed by atoms with E-state index >= 15 is 0 Å². The topological polar surface area (TPSA) is 66.6 Å². The molecular weight excluding hydrogens is 378 g/mol. The predicted molar refractivity (Wildman–Crippen MR) is 102 cm³/mol. The summed E-state index contributed by atoms with van der Waals surface area (Å²) in [6.07, 6.45) is -0.315. The predicted octanol–water partition coefficient (Wildman–Crippen LogP) is 3.31. The van der Waals surface area contributed by atoms with E-state index in [2.05, 4.69) is 21.4 Å². The summed E-state index contributed by atoms with van der Waals surface area (Å²) < 4.78 is 27.5. The van der Waals surface area contributed by atoms with Crippen molar-refractivity contribution in [1.29, 1.82) is 0 Å². The third-order valence-corrected chi connectivity index (χ3v) is 5.73. The van der Waals surface area contributed by atoms with Gasteiger partial charge in [-0.15, -0.1) is 15.3 Å². The molecule has 1 aromatic carbocycles. The van der Waals surface area contributed by atoms with Crippen LogP contribution in [0.2, 0.25) is 0 Å². The smallest absolute Gasteiger partial charge is 0.299 e. The van der Waals surface area contributed by atoms with Crippen LogP contribution in [-0.2, 0) is 4.79 Å². The molecule has 1 unspecified atom stereocenters. The summed E-state index contributed by atoms with van der Waals surface area (Å²) in [6.45, 7) is 2.25. The van der Waals surface area contributed by atoms with Gasteiger partial charge in [0.05, 0.1) is 0 Å². The van der Waals surface area contributed by atoms with Crippen molar-refractivity contribution in [2.24, 2.45) is 0 Å². The molecule has 0 saturated carbocycles. The Labute approximate surface area is 165 Å². The molecule has 0 aliphatic carbocycles. The van der Waals surface area contributed by atoms with E-state index in [1.54, 1.807) is 12.1 Å². The molecule has 9 heteroatoms. The van der Waals surface area contributed by atoms with Crippen molar-refractivity contribution in [3.8, 4) is 0 Å². The van der Waals surface area contributed by atoms with Gasteiger partial charge in [-0.1, -0.05) is 18.2 Å². The summed E-state index contributed by atoms with van der Waals surface area (Å²) in [5, 5.41) is 11.7. The number of carbonyl (C=O) groups is 1. The molecule has 29 heavy (non-hydrogen) atoms. The summed E-state index contributed by atoms with van der Waals surface area (Å²) in [4.78, 5) is 15.9. The van der Waals surface area contributed by atoms with Crippen LogP contribution in [0.3, 0.4) is 0 Å². The van der Waals surface area contributed by atoms with Crippen LogP contribution in [0.4, 0.5) is 20.3 Å². The number of likely N-dealkylation sites (tertiary alicyclic amines) is 1. The molecule has 3 aromatic rings. The van der Waals surface area contributed by atoms with Crippen LogP contribution in [0, 0.1) is 0 Å². The van der Waals surface area contributed by atoms with E-state index in [1.165, 1.54) is 5.56 Å². The lowest BCUT2D eigenvalue weighted by Gasteiger charge is -2.20. The van der Waals surface area contributed by atoms with Gasteiger partial charge >= 0.3 is 0 Å². The third kappa shape index (κ3) is 3.10. The van der Waals surface area contributed by atoms with Gasteiger partial charge in [-0.25, -0.2) is 8.78 Å². The van der Waals surface area contributed by atoms with Crippen LogP contribution in [-0.4, -0.2) is 50.3 Å². The molecule has 0 radical (unpaired) electrons. The van der Waals surface area contributed by atoms with Crippen molar-refractivity contribution in [3.05, 3.63) is 47.8 Å². The largest absolute Gasteiger partial charge is 0.343 e. The highest BCUT2D eigenvalue weighted by Crippen LogP contribution is 2.41. The number of alkyl halides is 2. The quantitative estimate of drug-likeness (QED) is 0.660. The van der Waals surface area contributed by atoms with E-state index < -0.39 is 12.2 Å². The van der Waals surface area contributed by atoms with Crippen LogP contribution in [0.5, 0.6) is 0 Å². The van der Waals surface area contributed by atoms with Gasteiger partial charge in [-0.05, 0) is 36.6 Å². The Balaban J connectivity index is 1.44. The number of hydrogen-bond donors (Lipinski definition) is 0. The van der Waals surface area contributed by atoms with Gasteiger partial charge in [-0.3, -0.25) is 4.79 Å².